The highest BCUT2D eigenvalue weighted by Crippen LogP contribution is 2.21. The van der Waals surface area contributed by atoms with Crippen molar-refractivity contribution in [2.45, 2.75) is 64.0 Å². The quantitative estimate of drug-likeness (QED) is 0.821. The van der Waals surface area contributed by atoms with E-state index in [2.05, 4.69) is 24.1 Å². The maximum atomic E-state index is 12.4. The largest absolute Gasteiger partial charge is 0.368 e. The van der Waals surface area contributed by atoms with Gasteiger partial charge in [-0.1, -0.05) is 6.42 Å². The van der Waals surface area contributed by atoms with Crippen LogP contribution in [0.4, 0.5) is 4.79 Å². The summed E-state index contributed by atoms with van der Waals surface area (Å²) >= 11 is 0. The second-order valence-electron chi connectivity index (χ2n) is 7.13. The predicted molar refractivity (Wildman–Crippen MR) is 86.4 cm³/mol. The van der Waals surface area contributed by atoms with E-state index >= 15 is 0 Å². The number of amides is 3. The van der Waals surface area contributed by atoms with Crippen LogP contribution in [0, 0.1) is 0 Å². The van der Waals surface area contributed by atoms with Crippen LogP contribution in [0.2, 0.25) is 0 Å². The molecule has 2 rings (SSSR count). The molecule has 2 aliphatic rings. The molecule has 6 heteroatoms. The Morgan fingerprint density at radius 1 is 1.09 bits per heavy atom. The summed E-state index contributed by atoms with van der Waals surface area (Å²) in [6.07, 6.45) is 6.33. The van der Waals surface area contributed by atoms with E-state index in [0.717, 1.165) is 25.9 Å². The number of primary amides is 1. The average Bonchev–Trinajstić information content (AvgIpc) is 2.53. The van der Waals surface area contributed by atoms with Crippen LogP contribution in [-0.2, 0) is 4.79 Å². The van der Waals surface area contributed by atoms with Gasteiger partial charge >= 0.3 is 6.03 Å². The SMILES string of the molecule is CC(C)(CNC(=O)N1CCCC[C@@H]1C(N)=O)N1CCCCC1. The van der Waals surface area contributed by atoms with E-state index in [1.165, 1.54) is 19.3 Å². The summed E-state index contributed by atoms with van der Waals surface area (Å²) in [5, 5.41) is 3.01. The first kappa shape index (κ1) is 17.1. The molecule has 3 N–H and O–H groups in total. The molecule has 2 aliphatic heterocycles. The summed E-state index contributed by atoms with van der Waals surface area (Å²) in [7, 11) is 0. The Morgan fingerprint density at radius 2 is 1.73 bits per heavy atom. The molecule has 126 valence electrons. The Hall–Kier alpha value is -1.30. The fourth-order valence-corrected chi connectivity index (χ4v) is 3.47. The lowest BCUT2D eigenvalue weighted by Crippen LogP contribution is -2.58. The van der Waals surface area contributed by atoms with Crippen molar-refractivity contribution in [1.82, 2.24) is 15.1 Å². The van der Waals surface area contributed by atoms with Gasteiger partial charge in [-0.05, 0) is 59.0 Å². The van der Waals surface area contributed by atoms with Crippen molar-refractivity contribution in [2.24, 2.45) is 5.73 Å². The summed E-state index contributed by atoms with van der Waals surface area (Å²) < 4.78 is 0. The van der Waals surface area contributed by atoms with Gasteiger partial charge in [0.05, 0.1) is 0 Å². The summed E-state index contributed by atoms with van der Waals surface area (Å²) in [4.78, 5) is 28.0. The normalized spacial score (nSPS) is 24.1. The molecular formula is C16H30N4O2. The first-order chi connectivity index (χ1) is 10.4. The van der Waals surface area contributed by atoms with Gasteiger partial charge in [-0.2, -0.15) is 0 Å². The van der Waals surface area contributed by atoms with Crippen LogP contribution in [0.25, 0.3) is 0 Å². The molecule has 0 aromatic rings. The van der Waals surface area contributed by atoms with E-state index in [4.69, 9.17) is 5.73 Å². The van der Waals surface area contributed by atoms with Gasteiger partial charge in [0, 0.05) is 18.6 Å². The lowest BCUT2D eigenvalue weighted by molar-refractivity contribution is -0.123. The molecule has 0 aliphatic carbocycles. The summed E-state index contributed by atoms with van der Waals surface area (Å²) in [6, 6.07) is -0.611. The van der Waals surface area contributed by atoms with Gasteiger partial charge in [-0.3, -0.25) is 9.69 Å². The minimum Gasteiger partial charge on any atom is -0.368 e. The fraction of sp³-hybridized carbons (Fsp3) is 0.875. The Bertz CT molecular complexity index is 405. The van der Waals surface area contributed by atoms with Crippen molar-refractivity contribution in [3.63, 3.8) is 0 Å². The number of hydrogen-bond donors (Lipinski definition) is 2. The Morgan fingerprint density at radius 3 is 2.36 bits per heavy atom. The zero-order chi connectivity index (χ0) is 16.2. The van der Waals surface area contributed by atoms with Crippen LogP contribution in [0.15, 0.2) is 0 Å². The second-order valence-corrected chi connectivity index (χ2v) is 7.13. The summed E-state index contributed by atoms with van der Waals surface area (Å²) in [5.74, 6) is -0.398. The molecule has 2 saturated heterocycles. The number of nitrogens with two attached hydrogens (primary N) is 1. The highest BCUT2D eigenvalue weighted by atomic mass is 16.2. The van der Waals surface area contributed by atoms with Crippen molar-refractivity contribution in [3.05, 3.63) is 0 Å². The molecule has 0 unspecified atom stereocenters. The highest BCUT2D eigenvalue weighted by Gasteiger charge is 2.33. The molecule has 22 heavy (non-hydrogen) atoms. The van der Waals surface area contributed by atoms with Crippen molar-refractivity contribution < 1.29 is 9.59 Å². The number of urea groups is 1. The van der Waals surface area contributed by atoms with E-state index < -0.39 is 11.9 Å². The standard InChI is InChI=1S/C16H30N4O2/c1-16(2,19-9-5-3-6-10-19)12-18-15(22)20-11-7-4-8-13(20)14(17)21/h13H,3-12H2,1-2H3,(H2,17,21)(H,18,22)/t13-/m1/s1. The molecule has 6 nitrogen and oxygen atoms in total. The third-order valence-electron chi connectivity index (χ3n) is 4.98. The van der Waals surface area contributed by atoms with Gasteiger partial charge in [-0.15, -0.1) is 0 Å². The van der Waals surface area contributed by atoms with E-state index in [0.29, 0.717) is 19.5 Å². The predicted octanol–water partition coefficient (Wildman–Crippen LogP) is 1.30. The number of hydrogen-bond acceptors (Lipinski definition) is 3. The van der Waals surface area contributed by atoms with Crippen LogP contribution < -0.4 is 11.1 Å². The van der Waals surface area contributed by atoms with Gasteiger partial charge in [0.25, 0.3) is 0 Å². The number of nitrogens with one attached hydrogen (secondary N) is 1. The third kappa shape index (κ3) is 4.12. The van der Waals surface area contributed by atoms with Gasteiger partial charge in [-0.25, -0.2) is 4.79 Å². The molecule has 2 heterocycles. The first-order valence-electron chi connectivity index (χ1n) is 8.51. The smallest absolute Gasteiger partial charge is 0.318 e. The molecule has 2 fully saturated rings. The van der Waals surface area contributed by atoms with E-state index in [1.807, 2.05) is 0 Å². The maximum Gasteiger partial charge on any atom is 0.318 e. The average molecular weight is 310 g/mol. The Balaban J connectivity index is 1.89. The fourth-order valence-electron chi connectivity index (χ4n) is 3.47. The summed E-state index contributed by atoms with van der Waals surface area (Å²) in [5.41, 5.74) is 5.36. The van der Waals surface area contributed by atoms with Crippen LogP contribution in [0.1, 0.15) is 52.4 Å². The van der Waals surface area contributed by atoms with Gasteiger partial charge < -0.3 is 16.0 Å². The zero-order valence-corrected chi connectivity index (χ0v) is 13.9. The molecule has 0 saturated carbocycles. The molecule has 0 bridgehead atoms. The van der Waals surface area contributed by atoms with Crippen LogP contribution in [0.5, 0.6) is 0 Å². The van der Waals surface area contributed by atoms with Crippen molar-refractivity contribution in [3.8, 4) is 0 Å². The van der Waals surface area contributed by atoms with Crippen LogP contribution in [-0.4, -0.2) is 59.5 Å². The van der Waals surface area contributed by atoms with E-state index in [-0.39, 0.29) is 11.6 Å². The molecule has 0 aromatic heterocycles. The highest BCUT2D eigenvalue weighted by molar-refractivity contribution is 5.86. The second kappa shape index (κ2) is 7.31. The number of carbonyl (C=O) groups is 2. The molecule has 0 radical (unpaired) electrons. The number of rotatable bonds is 4. The van der Waals surface area contributed by atoms with Gasteiger partial charge in [0.15, 0.2) is 0 Å². The minimum absolute atomic E-state index is 0.0614. The lowest BCUT2D eigenvalue weighted by Gasteiger charge is -2.42. The molecule has 0 spiro atoms. The summed E-state index contributed by atoms with van der Waals surface area (Å²) in [6.45, 7) is 7.73. The topological polar surface area (TPSA) is 78.7 Å². The first-order valence-corrected chi connectivity index (χ1v) is 8.51. The number of nitrogens with zero attached hydrogens (tertiary/aromatic N) is 2. The van der Waals surface area contributed by atoms with Crippen LogP contribution in [0.3, 0.4) is 0 Å². The molecular weight excluding hydrogens is 280 g/mol. The van der Waals surface area contributed by atoms with Gasteiger partial charge in [0.2, 0.25) is 5.91 Å². The van der Waals surface area contributed by atoms with Crippen molar-refractivity contribution in [1.29, 1.82) is 0 Å². The maximum absolute atomic E-state index is 12.4. The Kier molecular flexibility index (Phi) is 5.67. The Labute approximate surface area is 133 Å². The molecule has 0 aromatic carbocycles. The lowest BCUT2D eigenvalue weighted by atomic mass is 9.98. The monoisotopic (exact) mass is 310 g/mol. The zero-order valence-electron chi connectivity index (χ0n) is 13.9. The van der Waals surface area contributed by atoms with Gasteiger partial charge in [0.1, 0.15) is 6.04 Å². The number of carbonyl (C=O) groups excluding carboxylic acids is 2. The minimum atomic E-state index is -0.452. The van der Waals surface area contributed by atoms with E-state index in [1.54, 1.807) is 4.90 Å². The number of piperidine rings is 2. The van der Waals surface area contributed by atoms with Crippen LogP contribution >= 0.6 is 0 Å². The van der Waals surface area contributed by atoms with Crippen molar-refractivity contribution >= 4 is 11.9 Å². The molecule has 1 atom stereocenters. The van der Waals surface area contributed by atoms with E-state index in [9.17, 15) is 9.59 Å². The molecule has 3 amide bonds. The number of likely N-dealkylation sites (tertiary alicyclic amines) is 2. The third-order valence-corrected chi connectivity index (χ3v) is 4.98. The van der Waals surface area contributed by atoms with Crippen molar-refractivity contribution in [2.75, 3.05) is 26.2 Å².